The van der Waals surface area contributed by atoms with Crippen molar-refractivity contribution in [3.05, 3.63) is 393 Å². The van der Waals surface area contributed by atoms with Crippen molar-refractivity contribution in [3.8, 4) is 23.0 Å². The van der Waals surface area contributed by atoms with Gasteiger partial charge in [-0.15, -0.1) is 0 Å². The van der Waals surface area contributed by atoms with Crippen molar-refractivity contribution in [2.45, 2.75) is 155 Å². The first-order chi connectivity index (χ1) is 65.4. The summed E-state index contributed by atoms with van der Waals surface area (Å²) >= 11 is 0. The summed E-state index contributed by atoms with van der Waals surface area (Å²) in [6, 6.07) is 110. The fraction of sp³-hybridized carbons (Fsp3) is 0.333. The number of allylic oxidation sites excluding steroid dienone is 4. The predicted octanol–water partition coefficient (Wildman–Crippen LogP) is 23.7. The fourth-order valence-corrected chi connectivity index (χ4v) is 19.8. The van der Waals surface area contributed by atoms with Crippen molar-refractivity contribution in [1.82, 2.24) is 19.6 Å². The molecular weight excluding hydrogens is 1650 g/mol. The van der Waals surface area contributed by atoms with Crippen LogP contribution in [0.25, 0.3) is 44.6 Å². The van der Waals surface area contributed by atoms with Gasteiger partial charge < -0.3 is 55.6 Å². The molecule has 2 unspecified atom stereocenters. The van der Waals surface area contributed by atoms with Crippen LogP contribution in [0.3, 0.4) is 0 Å². The lowest BCUT2D eigenvalue weighted by atomic mass is 9.86. The third-order valence-corrected chi connectivity index (χ3v) is 27.3. The first kappa shape index (κ1) is 98.1. The number of phenolic OH excluding ortho intramolecular Hbond substituents is 4. The molecule has 5 aliphatic rings. The Hall–Kier alpha value is -11.9. The third-order valence-electron chi connectivity index (χ3n) is 27.3. The van der Waals surface area contributed by atoms with E-state index in [1.165, 1.54) is 83.6 Å². The van der Waals surface area contributed by atoms with Crippen molar-refractivity contribution in [3.63, 3.8) is 0 Å². The van der Waals surface area contributed by atoms with Crippen molar-refractivity contribution in [2.24, 2.45) is 0 Å². The molecule has 5 fully saturated rings. The Morgan fingerprint density at radius 3 is 0.836 bits per heavy atom. The van der Waals surface area contributed by atoms with Crippen LogP contribution in [0.15, 0.2) is 315 Å². The van der Waals surface area contributed by atoms with Crippen LogP contribution >= 0.6 is 0 Å². The van der Waals surface area contributed by atoms with Crippen LogP contribution in [0.2, 0.25) is 0 Å². The van der Waals surface area contributed by atoms with Gasteiger partial charge >= 0.3 is 0 Å². The molecule has 698 valence electrons. The molecule has 0 radical (unpaired) electrons. The molecule has 4 saturated heterocycles. The first-order valence-electron chi connectivity index (χ1n) is 49.1. The summed E-state index contributed by atoms with van der Waals surface area (Å²) in [5.74, 6) is 2.24. The van der Waals surface area contributed by atoms with Crippen molar-refractivity contribution in [1.29, 1.82) is 0 Å². The molecule has 1 aliphatic carbocycles. The van der Waals surface area contributed by atoms with Gasteiger partial charge in [-0.25, -0.2) is 0 Å². The Labute approximate surface area is 797 Å². The minimum Gasteiger partial charge on any atom is -0.508 e. The summed E-state index contributed by atoms with van der Waals surface area (Å²) in [6.45, 7) is 27.3. The van der Waals surface area contributed by atoms with Crippen molar-refractivity contribution >= 4 is 56.0 Å². The molecule has 2 atom stereocenters. The number of aliphatic hydroxyl groups is 4. The van der Waals surface area contributed by atoms with Gasteiger partial charge in [0.1, 0.15) is 23.0 Å². The van der Waals surface area contributed by atoms with E-state index in [1.807, 2.05) is 72.8 Å². The van der Waals surface area contributed by atoms with Gasteiger partial charge in [0.25, 0.3) is 0 Å². The van der Waals surface area contributed by atoms with E-state index >= 15 is 0 Å². The van der Waals surface area contributed by atoms with E-state index < -0.39 is 0 Å². The highest BCUT2D eigenvalue weighted by Gasteiger charge is 2.35. The number of likely N-dealkylation sites (tertiary alicyclic amines) is 2. The summed E-state index contributed by atoms with van der Waals surface area (Å²) in [5, 5.41) is 79.1. The second-order valence-electron chi connectivity index (χ2n) is 37.2. The van der Waals surface area contributed by atoms with E-state index in [0.29, 0.717) is 55.6 Å². The largest absolute Gasteiger partial charge is 0.508 e. The maximum atomic E-state index is 10.3. The lowest BCUT2D eigenvalue weighted by Gasteiger charge is -2.38. The zero-order valence-corrected chi connectivity index (χ0v) is 79.5. The number of aliphatic hydroxyl groups excluding tert-OH is 4. The summed E-state index contributed by atoms with van der Waals surface area (Å²) in [7, 11) is 0. The summed E-state index contributed by atoms with van der Waals surface area (Å²) in [5.41, 5.74) is 27.8. The van der Waals surface area contributed by atoms with Crippen molar-refractivity contribution < 1.29 is 40.9 Å². The molecule has 8 N–H and O–H groups in total. The van der Waals surface area contributed by atoms with Crippen LogP contribution in [0.5, 0.6) is 23.0 Å². The summed E-state index contributed by atoms with van der Waals surface area (Å²) in [6.07, 6.45) is 11.0. The number of piperazine rings is 2. The van der Waals surface area contributed by atoms with Gasteiger partial charge in [-0.05, 0) is 339 Å². The molecule has 0 spiro atoms. The molecule has 0 amide bonds. The maximum Gasteiger partial charge on any atom is 0.116 e. The zero-order valence-electron chi connectivity index (χ0n) is 79.5. The number of anilines is 2. The average molecular weight is 1790 g/mol. The van der Waals surface area contributed by atoms with Gasteiger partial charge in [0.2, 0.25) is 0 Å². The van der Waals surface area contributed by atoms with Gasteiger partial charge in [-0.2, -0.15) is 0 Å². The van der Waals surface area contributed by atoms with E-state index in [-0.39, 0.29) is 49.4 Å². The van der Waals surface area contributed by atoms with Gasteiger partial charge in [0.15, 0.2) is 0 Å². The van der Waals surface area contributed by atoms with Crippen molar-refractivity contribution in [2.75, 3.05) is 115 Å². The lowest BCUT2D eigenvalue weighted by Crippen LogP contribution is -2.48. The number of hydrogen-bond donors (Lipinski definition) is 8. The highest BCUT2D eigenvalue weighted by atomic mass is 16.3. The van der Waals surface area contributed by atoms with Gasteiger partial charge in [0, 0.05) is 127 Å². The van der Waals surface area contributed by atoms with Crippen LogP contribution in [-0.2, 0) is 0 Å². The standard InChI is InChI=1S/2C30H36N2O2.C30H33NO2.C30H35NO2/c1-23(2)31-16-18-32(19-17-31)27-13-6-11-25(21-27)30(26-12-7-14-28(34)22-26)29(15-8-20-33)24-9-4-3-5-10-24;1-23(2)31-17-19-32(20-18-31)27-11-6-10-26(22-27)30(25-13-15-28(34)16-14-25)29(12-7-21-33)24-8-4-3-5-9-24;32-19-5-10-29(23-6-2-1-3-7-23)30(25-8-4-9-28(33)20-25)24-13-11-22(12-14-24)26-17-18-31(21-26)27-15-16-27;1-22(2)31-18-17-27(21-31)23-13-15-25(16-14-23)30(26-10-6-11-28(33)20-26)29(12-7-19-32)24-8-4-3-5-9-24/h3-7,9-14,21-23,33-34H,8,15-20H2,1-2H3;3-6,8-11,13-16,22-23,33-34H,7,12,17-21H2,1-2H3;1-4,6-9,11-14,20,26-27,32-33H,5,10,15-19,21H2;3-6,8-11,13-16,20,22,27,32-33H,7,12,17-19,21H2,1-2H3/b30-29+;30-29-;2*30-29+. The Kier molecular flexibility index (Phi) is 36.1. The second kappa shape index (κ2) is 49.4. The van der Waals surface area contributed by atoms with E-state index in [4.69, 9.17) is 0 Å². The smallest absolute Gasteiger partial charge is 0.116 e. The Balaban J connectivity index is 0.000000143. The highest BCUT2D eigenvalue weighted by Crippen LogP contribution is 2.45. The normalized spacial score (nSPS) is 16.9. The average Bonchev–Trinajstić information content (AvgIpc) is 1.18. The van der Waals surface area contributed by atoms with E-state index in [9.17, 15) is 40.9 Å². The highest BCUT2D eigenvalue weighted by molar-refractivity contribution is 6.02. The number of aromatic hydroxyl groups is 4. The molecule has 17 rings (SSSR count). The monoisotopic (exact) mass is 1790 g/mol. The SMILES string of the molecule is CC(C)N1CCC(c2ccc(/C(=C(/CCCO)c3ccccc3)c3cccc(O)c3)cc2)C1.CC(C)N1CCN(c2cccc(/C(=C(/CCCO)c3ccccc3)c3ccc(O)cc3)c2)CC1.CC(C)N1CCN(c2cccc(/C(=C(/CCCO)c3ccccc3)c3cccc(O)c3)c2)CC1.OCCC/C(=C(/c1ccc(C2CCN(C3CC3)C2)cc1)c1cccc(O)c1)c1ccccc1. The minimum absolute atomic E-state index is 0.143. The molecule has 14 nitrogen and oxygen atoms in total. The Bertz CT molecular complexity index is 5610. The minimum atomic E-state index is 0.143. The second-order valence-corrected chi connectivity index (χ2v) is 37.2. The van der Waals surface area contributed by atoms with Gasteiger partial charge in [-0.3, -0.25) is 14.7 Å². The number of phenols is 4. The van der Waals surface area contributed by atoms with Crippen LogP contribution in [0.1, 0.15) is 208 Å². The first-order valence-corrected chi connectivity index (χ1v) is 49.1. The molecule has 0 aromatic heterocycles. The van der Waals surface area contributed by atoms with Gasteiger partial charge in [-0.1, -0.05) is 243 Å². The zero-order chi connectivity index (χ0) is 93.7. The number of rotatable bonds is 32. The molecular formula is C120H140N6O8. The number of benzene rings is 12. The topological polar surface area (TPSA) is 181 Å². The predicted molar refractivity (Wildman–Crippen MR) is 557 cm³/mol. The Morgan fingerprint density at radius 1 is 0.254 bits per heavy atom. The molecule has 4 aliphatic heterocycles. The molecule has 1 saturated carbocycles. The molecule has 4 heterocycles. The quantitative estimate of drug-likeness (QED) is 0.0187. The van der Waals surface area contributed by atoms with Crippen LogP contribution < -0.4 is 9.80 Å². The van der Waals surface area contributed by atoms with Crippen LogP contribution in [0, 0.1) is 0 Å². The molecule has 12 aromatic rings. The number of nitrogens with zero attached hydrogens (tertiary/aromatic N) is 6. The van der Waals surface area contributed by atoms with Crippen LogP contribution in [0.4, 0.5) is 11.4 Å². The van der Waals surface area contributed by atoms with E-state index in [1.54, 1.807) is 30.3 Å². The van der Waals surface area contributed by atoms with E-state index in [0.717, 1.165) is 186 Å². The van der Waals surface area contributed by atoms with Gasteiger partial charge in [0.05, 0.1) is 0 Å². The molecule has 134 heavy (non-hydrogen) atoms. The number of hydrogen-bond acceptors (Lipinski definition) is 14. The maximum absolute atomic E-state index is 10.3. The lowest BCUT2D eigenvalue weighted by molar-refractivity contribution is 0.209. The summed E-state index contributed by atoms with van der Waals surface area (Å²) in [4.78, 5) is 15.2. The summed E-state index contributed by atoms with van der Waals surface area (Å²) < 4.78 is 0. The molecule has 14 heteroatoms. The fourth-order valence-electron chi connectivity index (χ4n) is 19.8. The van der Waals surface area contributed by atoms with Crippen LogP contribution in [-0.4, -0.2) is 190 Å². The molecule has 12 aromatic carbocycles. The van der Waals surface area contributed by atoms with E-state index in [2.05, 4.69) is 283 Å². The Morgan fingerprint density at radius 2 is 0.537 bits per heavy atom. The molecule has 0 bridgehead atoms. The third kappa shape index (κ3) is 26.6.